The number of carbonyl (C=O) groups is 2. The third kappa shape index (κ3) is 5.89. The zero-order valence-electron chi connectivity index (χ0n) is 18.2. The summed E-state index contributed by atoms with van der Waals surface area (Å²) in [6.45, 7) is 8.43. The highest BCUT2D eigenvalue weighted by atomic mass is 16.5. The molecule has 2 N–H and O–H groups in total. The standard InChI is InChI=1S/C23H30N2O5/c1-6-29-18-11-9-8-10-17(18)22(26)25-21(15(3)4)23(27)24-16-12-13-19(30-7-2)20(14-16)28-5/h8-15,21H,6-7H2,1-5H3,(H,24,27)(H,25,26)/t21-/m0/s1. The Balaban J connectivity index is 2.16. The molecule has 0 unspecified atom stereocenters. The summed E-state index contributed by atoms with van der Waals surface area (Å²) in [4.78, 5) is 25.7. The van der Waals surface area contributed by atoms with Gasteiger partial charge in [-0.3, -0.25) is 9.59 Å². The van der Waals surface area contributed by atoms with Crippen molar-refractivity contribution >= 4 is 17.5 Å². The number of ether oxygens (including phenoxy) is 3. The maximum atomic E-state index is 12.9. The fourth-order valence-corrected chi connectivity index (χ4v) is 2.93. The van der Waals surface area contributed by atoms with E-state index in [9.17, 15) is 9.59 Å². The maximum Gasteiger partial charge on any atom is 0.255 e. The second kappa shape index (κ2) is 11.1. The Kier molecular flexibility index (Phi) is 8.53. The molecule has 2 rings (SSSR count). The van der Waals surface area contributed by atoms with E-state index < -0.39 is 6.04 Å². The summed E-state index contributed by atoms with van der Waals surface area (Å²) in [5, 5.41) is 5.67. The van der Waals surface area contributed by atoms with Crippen LogP contribution in [0.5, 0.6) is 17.2 Å². The minimum atomic E-state index is -0.732. The second-order valence-electron chi connectivity index (χ2n) is 6.91. The Morgan fingerprint density at radius 1 is 0.933 bits per heavy atom. The van der Waals surface area contributed by atoms with E-state index in [1.165, 1.54) is 7.11 Å². The lowest BCUT2D eigenvalue weighted by Crippen LogP contribution is -2.47. The first-order chi connectivity index (χ1) is 14.4. The van der Waals surface area contributed by atoms with Gasteiger partial charge in [0.05, 0.1) is 25.9 Å². The number of rotatable bonds is 10. The molecule has 0 bridgehead atoms. The number of nitrogens with one attached hydrogen (secondary N) is 2. The van der Waals surface area contributed by atoms with Gasteiger partial charge < -0.3 is 24.8 Å². The van der Waals surface area contributed by atoms with Crippen LogP contribution in [0.4, 0.5) is 5.69 Å². The minimum Gasteiger partial charge on any atom is -0.493 e. The number of hydrogen-bond acceptors (Lipinski definition) is 5. The molecule has 0 fully saturated rings. The number of benzene rings is 2. The van der Waals surface area contributed by atoms with Crippen molar-refractivity contribution in [3.63, 3.8) is 0 Å². The number of methoxy groups -OCH3 is 1. The van der Waals surface area contributed by atoms with Crippen molar-refractivity contribution in [1.82, 2.24) is 5.32 Å². The molecule has 7 nitrogen and oxygen atoms in total. The largest absolute Gasteiger partial charge is 0.493 e. The maximum absolute atomic E-state index is 12.9. The fourth-order valence-electron chi connectivity index (χ4n) is 2.93. The van der Waals surface area contributed by atoms with Crippen molar-refractivity contribution in [3.05, 3.63) is 48.0 Å². The molecular formula is C23H30N2O5. The highest BCUT2D eigenvalue weighted by Gasteiger charge is 2.26. The summed E-state index contributed by atoms with van der Waals surface area (Å²) in [6.07, 6.45) is 0. The van der Waals surface area contributed by atoms with Gasteiger partial charge in [-0.2, -0.15) is 0 Å². The molecule has 0 aliphatic carbocycles. The topological polar surface area (TPSA) is 85.9 Å². The quantitative estimate of drug-likeness (QED) is 0.616. The Bertz CT molecular complexity index is 866. The highest BCUT2D eigenvalue weighted by molar-refractivity contribution is 6.02. The Hall–Kier alpha value is -3.22. The molecule has 0 aromatic heterocycles. The average Bonchev–Trinajstić information content (AvgIpc) is 2.73. The lowest BCUT2D eigenvalue weighted by Gasteiger charge is -2.22. The van der Waals surface area contributed by atoms with Gasteiger partial charge >= 0.3 is 0 Å². The van der Waals surface area contributed by atoms with Crippen LogP contribution in [0, 0.1) is 5.92 Å². The van der Waals surface area contributed by atoms with E-state index in [-0.39, 0.29) is 17.7 Å². The van der Waals surface area contributed by atoms with E-state index in [2.05, 4.69) is 10.6 Å². The van der Waals surface area contributed by atoms with Crippen molar-refractivity contribution in [2.24, 2.45) is 5.92 Å². The third-order valence-corrected chi connectivity index (χ3v) is 4.40. The second-order valence-corrected chi connectivity index (χ2v) is 6.91. The molecule has 1 atom stereocenters. The molecule has 2 amide bonds. The van der Waals surface area contributed by atoms with Crippen LogP contribution in [0.1, 0.15) is 38.1 Å². The van der Waals surface area contributed by atoms with Gasteiger partial charge in [-0.25, -0.2) is 0 Å². The molecule has 2 aromatic rings. The molecule has 0 radical (unpaired) electrons. The van der Waals surface area contributed by atoms with Crippen LogP contribution in [-0.4, -0.2) is 38.2 Å². The van der Waals surface area contributed by atoms with Crippen molar-refractivity contribution in [2.75, 3.05) is 25.6 Å². The normalized spacial score (nSPS) is 11.5. The summed E-state index contributed by atoms with van der Waals surface area (Å²) in [7, 11) is 1.54. The summed E-state index contributed by atoms with van der Waals surface area (Å²) >= 11 is 0. The molecule has 0 heterocycles. The van der Waals surface area contributed by atoms with Crippen LogP contribution in [0.15, 0.2) is 42.5 Å². The summed E-state index contributed by atoms with van der Waals surface area (Å²) < 4.78 is 16.4. The summed E-state index contributed by atoms with van der Waals surface area (Å²) in [5.74, 6) is 0.787. The number of anilines is 1. The molecule has 7 heteroatoms. The molecular weight excluding hydrogens is 384 g/mol. The van der Waals surface area contributed by atoms with Gasteiger partial charge in [0.15, 0.2) is 11.5 Å². The van der Waals surface area contributed by atoms with Gasteiger partial charge in [-0.15, -0.1) is 0 Å². The summed E-state index contributed by atoms with van der Waals surface area (Å²) in [6, 6.07) is 11.4. The molecule has 162 valence electrons. The van der Waals surface area contributed by atoms with E-state index in [0.717, 1.165) is 0 Å². The molecule has 0 saturated carbocycles. The number of para-hydroxylation sites is 1. The van der Waals surface area contributed by atoms with Gasteiger partial charge in [0, 0.05) is 11.8 Å². The Morgan fingerprint density at radius 3 is 2.23 bits per heavy atom. The van der Waals surface area contributed by atoms with E-state index in [4.69, 9.17) is 14.2 Å². The Morgan fingerprint density at radius 2 is 1.60 bits per heavy atom. The molecule has 0 aliphatic heterocycles. The molecule has 0 aliphatic rings. The van der Waals surface area contributed by atoms with Crippen molar-refractivity contribution in [1.29, 1.82) is 0 Å². The zero-order valence-corrected chi connectivity index (χ0v) is 18.2. The third-order valence-electron chi connectivity index (χ3n) is 4.40. The van der Waals surface area contributed by atoms with E-state index in [1.54, 1.807) is 42.5 Å². The number of hydrogen-bond donors (Lipinski definition) is 2. The Labute approximate surface area is 177 Å². The monoisotopic (exact) mass is 414 g/mol. The van der Waals surface area contributed by atoms with Crippen LogP contribution in [0.3, 0.4) is 0 Å². The lowest BCUT2D eigenvalue weighted by atomic mass is 10.0. The van der Waals surface area contributed by atoms with E-state index in [1.807, 2.05) is 27.7 Å². The lowest BCUT2D eigenvalue weighted by molar-refractivity contribution is -0.118. The first kappa shape index (κ1) is 23.1. The van der Waals surface area contributed by atoms with E-state index in [0.29, 0.717) is 41.7 Å². The van der Waals surface area contributed by atoms with Crippen LogP contribution >= 0.6 is 0 Å². The zero-order chi connectivity index (χ0) is 22.1. The highest BCUT2D eigenvalue weighted by Crippen LogP contribution is 2.30. The summed E-state index contributed by atoms with van der Waals surface area (Å²) in [5.41, 5.74) is 0.940. The molecule has 2 aromatic carbocycles. The van der Waals surface area contributed by atoms with E-state index >= 15 is 0 Å². The van der Waals surface area contributed by atoms with Crippen LogP contribution in [-0.2, 0) is 4.79 Å². The average molecular weight is 415 g/mol. The van der Waals surface area contributed by atoms with Gasteiger partial charge in [0.2, 0.25) is 5.91 Å². The molecule has 30 heavy (non-hydrogen) atoms. The fraction of sp³-hybridized carbons (Fsp3) is 0.391. The van der Waals surface area contributed by atoms with Crippen LogP contribution in [0.25, 0.3) is 0 Å². The van der Waals surface area contributed by atoms with Crippen molar-refractivity contribution in [3.8, 4) is 17.2 Å². The predicted octanol–water partition coefficient (Wildman–Crippen LogP) is 3.89. The van der Waals surface area contributed by atoms with Gasteiger partial charge in [-0.05, 0) is 44.0 Å². The number of carbonyl (C=O) groups excluding carboxylic acids is 2. The van der Waals surface area contributed by atoms with Crippen LogP contribution in [0.2, 0.25) is 0 Å². The van der Waals surface area contributed by atoms with Gasteiger partial charge in [0.25, 0.3) is 5.91 Å². The van der Waals surface area contributed by atoms with Gasteiger partial charge in [0.1, 0.15) is 11.8 Å². The SMILES string of the molecule is CCOc1ccc(NC(=O)[C@@H](NC(=O)c2ccccc2OCC)C(C)C)cc1OC. The first-order valence-corrected chi connectivity index (χ1v) is 10.1. The number of amides is 2. The molecule has 0 saturated heterocycles. The van der Waals surface area contributed by atoms with Crippen molar-refractivity contribution < 1.29 is 23.8 Å². The van der Waals surface area contributed by atoms with Crippen molar-refractivity contribution in [2.45, 2.75) is 33.7 Å². The predicted molar refractivity (Wildman–Crippen MR) is 116 cm³/mol. The van der Waals surface area contributed by atoms with Gasteiger partial charge in [-0.1, -0.05) is 26.0 Å². The first-order valence-electron chi connectivity index (χ1n) is 10.1. The molecule has 0 spiro atoms. The van der Waals surface area contributed by atoms with Crippen LogP contribution < -0.4 is 24.8 Å². The smallest absolute Gasteiger partial charge is 0.255 e. The minimum absolute atomic E-state index is 0.127.